The van der Waals surface area contributed by atoms with E-state index in [1.165, 1.54) is 23.8 Å². The molecule has 2 aromatic heterocycles. The summed E-state index contributed by atoms with van der Waals surface area (Å²) in [6.07, 6.45) is -1.83. The van der Waals surface area contributed by atoms with Gasteiger partial charge in [-0.1, -0.05) is 23.4 Å². The fourth-order valence-electron chi connectivity index (χ4n) is 4.11. The number of halogens is 3. The Kier molecular flexibility index (Phi) is 8.04. The van der Waals surface area contributed by atoms with Gasteiger partial charge in [0, 0.05) is 31.0 Å². The molecular weight excluding hydrogens is 493 g/mol. The molecule has 0 fully saturated rings. The summed E-state index contributed by atoms with van der Waals surface area (Å²) in [6.45, 7) is 0.912. The van der Waals surface area contributed by atoms with E-state index >= 15 is 0 Å². The molecular formula is C25H25F3N4O5. The number of anilines is 1. The lowest BCUT2D eigenvalue weighted by atomic mass is 9.92. The molecule has 1 atom stereocenters. The second kappa shape index (κ2) is 11.4. The SMILES string of the molecule is O=C(CC(Cc1nc(CCCc2ccc3c(n2)NCCC3)no1)c1cccc(O)c1)OC(=O)C(F)(F)F. The van der Waals surface area contributed by atoms with E-state index in [2.05, 4.69) is 31.2 Å². The Bertz CT molecular complexity index is 1260. The normalized spacial score (nSPS) is 13.9. The third-order valence-electron chi connectivity index (χ3n) is 5.91. The number of alkyl halides is 3. The molecule has 0 saturated heterocycles. The molecule has 0 aliphatic carbocycles. The van der Waals surface area contributed by atoms with Crippen molar-refractivity contribution in [3.8, 4) is 5.75 Å². The molecule has 1 aliphatic heterocycles. The monoisotopic (exact) mass is 518 g/mol. The Morgan fingerprint density at radius 2 is 2.00 bits per heavy atom. The highest BCUT2D eigenvalue weighted by atomic mass is 19.4. The van der Waals surface area contributed by atoms with Crippen LogP contribution in [0.15, 0.2) is 40.9 Å². The summed E-state index contributed by atoms with van der Waals surface area (Å²) in [5.41, 5.74) is 2.60. The first-order valence-corrected chi connectivity index (χ1v) is 11.8. The van der Waals surface area contributed by atoms with E-state index < -0.39 is 30.5 Å². The smallest absolute Gasteiger partial charge is 0.491 e. The Morgan fingerprint density at radius 1 is 1.16 bits per heavy atom. The average Bonchev–Trinajstić information content (AvgIpc) is 3.30. The number of benzene rings is 1. The van der Waals surface area contributed by atoms with Gasteiger partial charge in [-0.3, -0.25) is 4.79 Å². The summed E-state index contributed by atoms with van der Waals surface area (Å²) >= 11 is 0. The molecule has 0 amide bonds. The van der Waals surface area contributed by atoms with Crippen molar-refractivity contribution in [3.05, 3.63) is 64.9 Å². The lowest BCUT2D eigenvalue weighted by Crippen LogP contribution is -2.28. The fraction of sp³-hybridized carbons (Fsp3) is 0.400. The molecule has 0 bridgehead atoms. The van der Waals surface area contributed by atoms with Crippen molar-refractivity contribution in [2.45, 2.75) is 57.0 Å². The number of hydrogen-bond acceptors (Lipinski definition) is 9. The quantitative estimate of drug-likeness (QED) is 0.318. The van der Waals surface area contributed by atoms with Crippen molar-refractivity contribution < 1.29 is 37.1 Å². The summed E-state index contributed by atoms with van der Waals surface area (Å²) in [4.78, 5) is 32.1. The van der Waals surface area contributed by atoms with E-state index in [1.54, 1.807) is 6.07 Å². The van der Waals surface area contributed by atoms with Crippen LogP contribution in [0.1, 0.15) is 53.7 Å². The van der Waals surface area contributed by atoms with Crippen LogP contribution in [0.5, 0.6) is 5.75 Å². The maximum absolute atomic E-state index is 12.5. The maximum Gasteiger partial charge on any atom is 0.491 e. The number of ether oxygens (including phenoxy) is 1. The van der Waals surface area contributed by atoms with Gasteiger partial charge in [0.25, 0.3) is 0 Å². The van der Waals surface area contributed by atoms with Gasteiger partial charge < -0.3 is 19.7 Å². The first-order chi connectivity index (χ1) is 17.7. The highest BCUT2D eigenvalue weighted by molar-refractivity contribution is 5.88. The number of phenols is 1. The molecule has 12 heteroatoms. The number of esters is 2. The predicted octanol–water partition coefficient (Wildman–Crippen LogP) is 4.05. The van der Waals surface area contributed by atoms with Crippen LogP contribution in [0.2, 0.25) is 0 Å². The number of nitrogens with zero attached hydrogens (tertiary/aromatic N) is 3. The Morgan fingerprint density at radius 3 is 2.78 bits per heavy atom. The first kappa shape index (κ1) is 26.1. The summed E-state index contributed by atoms with van der Waals surface area (Å²) < 4.78 is 46.6. The number of hydrogen-bond donors (Lipinski definition) is 2. The van der Waals surface area contributed by atoms with E-state index in [4.69, 9.17) is 4.52 Å². The fourth-order valence-corrected chi connectivity index (χ4v) is 4.11. The molecule has 0 saturated carbocycles. The molecule has 4 rings (SSSR count). The number of rotatable bonds is 9. The summed E-state index contributed by atoms with van der Waals surface area (Å²) in [7, 11) is 0. The van der Waals surface area contributed by atoms with Gasteiger partial charge in [-0.25, -0.2) is 9.78 Å². The highest BCUT2D eigenvalue weighted by Gasteiger charge is 2.42. The van der Waals surface area contributed by atoms with E-state index in [1.807, 2.05) is 6.07 Å². The zero-order valence-electron chi connectivity index (χ0n) is 19.8. The molecule has 1 aromatic carbocycles. The minimum atomic E-state index is -5.29. The third-order valence-corrected chi connectivity index (χ3v) is 5.91. The largest absolute Gasteiger partial charge is 0.508 e. The summed E-state index contributed by atoms with van der Waals surface area (Å²) in [5, 5.41) is 17.1. The molecule has 9 nitrogen and oxygen atoms in total. The van der Waals surface area contributed by atoms with Crippen molar-refractivity contribution in [1.29, 1.82) is 0 Å². The molecule has 196 valence electrons. The second-order valence-corrected chi connectivity index (χ2v) is 8.76. The van der Waals surface area contributed by atoms with Gasteiger partial charge in [-0.05, 0) is 55.0 Å². The van der Waals surface area contributed by atoms with Crippen LogP contribution in [0.25, 0.3) is 0 Å². The van der Waals surface area contributed by atoms with E-state index in [0.717, 1.165) is 30.9 Å². The third kappa shape index (κ3) is 7.28. The molecule has 37 heavy (non-hydrogen) atoms. The number of pyridine rings is 1. The molecule has 1 unspecified atom stereocenters. The molecule has 0 spiro atoms. The molecule has 0 radical (unpaired) electrons. The van der Waals surface area contributed by atoms with Crippen LogP contribution < -0.4 is 5.32 Å². The van der Waals surface area contributed by atoms with Crippen molar-refractivity contribution in [3.63, 3.8) is 0 Å². The van der Waals surface area contributed by atoms with E-state index in [0.29, 0.717) is 30.7 Å². The predicted molar refractivity (Wildman–Crippen MR) is 124 cm³/mol. The molecule has 2 N–H and O–H groups in total. The van der Waals surface area contributed by atoms with E-state index in [-0.39, 0.29) is 18.1 Å². The van der Waals surface area contributed by atoms with Crippen LogP contribution in [-0.4, -0.2) is 44.9 Å². The van der Waals surface area contributed by atoms with E-state index in [9.17, 15) is 27.9 Å². The van der Waals surface area contributed by atoms with Gasteiger partial charge in [0.05, 0.1) is 6.42 Å². The van der Waals surface area contributed by atoms with Gasteiger partial charge >= 0.3 is 18.1 Å². The topological polar surface area (TPSA) is 127 Å². The number of aromatic hydroxyl groups is 1. The zero-order chi connectivity index (χ0) is 26.4. The number of fused-ring (bicyclic) bond motifs is 1. The lowest BCUT2D eigenvalue weighted by molar-refractivity contribution is -0.202. The Hall–Kier alpha value is -3.96. The summed E-state index contributed by atoms with van der Waals surface area (Å²) in [6, 6.07) is 9.97. The van der Waals surface area contributed by atoms with Crippen molar-refractivity contribution in [2.75, 3.05) is 11.9 Å². The van der Waals surface area contributed by atoms with Crippen LogP contribution >= 0.6 is 0 Å². The standard InChI is InChI=1S/C25H25F3N4O5/c26-25(27,28)24(35)36-22(34)14-17(16-4-1-7-19(33)12-16)13-21-31-20(32-37-21)8-2-6-18-10-9-15-5-3-11-29-23(15)30-18/h1,4,7,9-10,12,17,33H,2-3,5-6,8,11,13-14H2,(H,29,30). The van der Waals surface area contributed by atoms with Crippen LogP contribution in [-0.2, 0) is 40.0 Å². The Balaban J connectivity index is 1.37. The van der Waals surface area contributed by atoms with Gasteiger partial charge in [0.1, 0.15) is 11.6 Å². The average molecular weight is 518 g/mol. The van der Waals surface area contributed by atoms with Crippen molar-refractivity contribution in [1.82, 2.24) is 15.1 Å². The number of aryl methyl sites for hydroxylation is 3. The second-order valence-electron chi connectivity index (χ2n) is 8.76. The van der Waals surface area contributed by atoms with Gasteiger partial charge in [0.15, 0.2) is 5.82 Å². The lowest BCUT2D eigenvalue weighted by Gasteiger charge is -2.17. The van der Waals surface area contributed by atoms with Crippen molar-refractivity contribution >= 4 is 17.8 Å². The van der Waals surface area contributed by atoms with Crippen molar-refractivity contribution in [2.24, 2.45) is 0 Å². The number of carbonyl (C=O) groups is 2. The number of aromatic nitrogens is 3. The summed E-state index contributed by atoms with van der Waals surface area (Å²) in [5.74, 6) is -3.29. The van der Waals surface area contributed by atoms with Gasteiger partial charge in [0.2, 0.25) is 5.89 Å². The molecule has 3 aromatic rings. The Labute approximate surface area is 210 Å². The minimum absolute atomic E-state index is 0.0101. The first-order valence-electron chi connectivity index (χ1n) is 11.8. The van der Waals surface area contributed by atoms with Gasteiger partial charge in [-0.2, -0.15) is 18.2 Å². The van der Waals surface area contributed by atoms with Crippen LogP contribution in [0.3, 0.4) is 0 Å². The van der Waals surface area contributed by atoms with Gasteiger partial charge in [-0.15, -0.1) is 0 Å². The molecule has 1 aliphatic rings. The number of carbonyl (C=O) groups excluding carboxylic acids is 2. The highest BCUT2D eigenvalue weighted by Crippen LogP contribution is 2.28. The molecule has 3 heterocycles. The zero-order valence-corrected chi connectivity index (χ0v) is 19.8. The number of nitrogens with one attached hydrogen (secondary N) is 1. The maximum atomic E-state index is 12.5. The minimum Gasteiger partial charge on any atom is -0.508 e. The van der Waals surface area contributed by atoms with Crippen LogP contribution in [0, 0.1) is 0 Å². The number of phenolic OH excluding ortho intramolecular Hbond substituents is 1. The van der Waals surface area contributed by atoms with Crippen LogP contribution in [0.4, 0.5) is 19.0 Å².